The molecule has 1 amide bonds. The smallest absolute Gasteiger partial charge is 0.323 e. The highest BCUT2D eigenvalue weighted by molar-refractivity contribution is 6.31. The highest BCUT2D eigenvalue weighted by atomic mass is 35.5. The first-order valence-corrected chi connectivity index (χ1v) is 6.86. The SMILES string of the molecule is N#Cc1ccc(Cl)cc1NC(=O)Cn1cccc(C(F)(F)F)c1=O. The molecule has 1 N–H and O–H groups in total. The predicted octanol–water partition coefficient (Wildman–Crippen LogP) is 3.03. The molecule has 2 rings (SSSR count). The summed E-state index contributed by atoms with van der Waals surface area (Å²) in [7, 11) is 0. The summed E-state index contributed by atoms with van der Waals surface area (Å²) >= 11 is 5.77. The molecule has 2 aromatic rings. The molecular weight excluding hydrogens is 347 g/mol. The van der Waals surface area contributed by atoms with Crippen molar-refractivity contribution >= 4 is 23.2 Å². The van der Waals surface area contributed by atoms with E-state index in [9.17, 15) is 22.8 Å². The van der Waals surface area contributed by atoms with Crippen LogP contribution in [0.4, 0.5) is 18.9 Å². The Morgan fingerprint density at radius 3 is 2.67 bits per heavy atom. The lowest BCUT2D eigenvalue weighted by molar-refractivity contribution is -0.139. The van der Waals surface area contributed by atoms with Gasteiger partial charge in [-0.1, -0.05) is 11.6 Å². The lowest BCUT2D eigenvalue weighted by atomic mass is 10.2. The summed E-state index contributed by atoms with van der Waals surface area (Å²) in [4.78, 5) is 23.7. The molecular formula is C15H9ClF3N3O2. The standard InChI is InChI=1S/C15H9ClF3N3O2/c16-10-4-3-9(7-20)12(6-10)21-13(23)8-22-5-1-2-11(14(22)24)15(17,18)19/h1-6H,8H2,(H,21,23). The van der Waals surface area contributed by atoms with Gasteiger partial charge in [-0.05, 0) is 30.3 Å². The first-order valence-electron chi connectivity index (χ1n) is 6.48. The Labute approximate surface area is 138 Å². The molecule has 124 valence electrons. The number of nitrogens with one attached hydrogen (secondary N) is 1. The Balaban J connectivity index is 2.25. The summed E-state index contributed by atoms with van der Waals surface area (Å²) in [6.45, 7) is -0.639. The van der Waals surface area contributed by atoms with E-state index in [0.29, 0.717) is 10.6 Å². The molecule has 1 heterocycles. The van der Waals surface area contributed by atoms with Gasteiger partial charge in [-0.3, -0.25) is 9.59 Å². The second-order valence-electron chi connectivity index (χ2n) is 4.70. The van der Waals surface area contributed by atoms with Crippen molar-refractivity contribution < 1.29 is 18.0 Å². The minimum absolute atomic E-state index is 0.107. The zero-order valence-electron chi connectivity index (χ0n) is 11.9. The monoisotopic (exact) mass is 355 g/mol. The van der Waals surface area contributed by atoms with Crippen molar-refractivity contribution in [3.05, 3.63) is 63.0 Å². The molecule has 9 heteroatoms. The maximum atomic E-state index is 12.7. The fourth-order valence-corrected chi connectivity index (χ4v) is 2.11. The molecule has 24 heavy (non-hydrogen) atoms. The predicted molar refractivity (Wildman–Crippen MR) is 80.5 cm³/mol. The van der Waals surface area contributed by atoms with Crippen molar-refractivity contribution in [3.8, 4) is 6.07 Å². The Morgan fingerprint density at radius 1 is 1.33 bits per heavy atom. The van der Waals surface area contributed by atoms with Gasteiger partial charge >= 0.3 is 6.18 Å². The van der Waals surface area contributed by atoms with Crippen LogP contribution in [0.5, 0.6) is 0 Å². The van der Waals surface area contributed by atoms with Crippen LogP contribution in [0.15, 0.2) is 41.3 Å². The molecule has 1 aromatic carbocycles. The van der Waals surface area contributed by atoms with Gasteiger partial charge in [0.2, 0.25) is 5.91 Å². The second kappa shape index (κ2) is 6.76. The largest absolute Gasteiger partial charge is 0.421 e. The van der Waals surface area contributed by atoms with Gasteiger partial charge in [0.1, 0.15) is 18.2 Å². The van der Waals surface area contributed by atoms with Crippen LogP contribution in [0.2, 0.25) is 5.02 Å². The molecule has 0 spiro atoms. The van der Waals surface area contributed by atoms with Crippen LogP contribution in [0, 0.1) is 11.3 Å². The maximum absolute atomic E-state index is 12.7. The van der Waals surface area contributed by atoms with E-state index >= 15 is 0 Å². The van der Waals surface area contributed by atoms with Gasteiger partial charge in [-0.25, -0.2) is 0 Å². The van der Waals surface area contributed by atoms with E-state index in [2.05, 4.69) is 5.32 Å². The average molecular weight is 356 g/mol. The van der Waals surface area contributed by atoms with E-state index in [0.717, 1.165) is 12.3 Å². The summed E-state index contributed by atoms with van der Waals surface area (Å²) in [5.41, 5.74) is -2.45. The molecule has 0 atom stereocenters. The van der Waals surface area contributed by atoms with Gasteiger partial charge in [0, 0.05) is 11.2 Å². The second-order valence-corrected chi connectivity index (χ2v) is 5.14. The third-order valence-corrected chi connectivity index (χ3v) is 3.25. The Morgan fingerprint density at radius 2 is 2.04 bits per heavy atom. The molecule has 0 saturated heterocycles. The zero-order chi connectivity index (χ0) is 17.9. The first-order chi connectivity index (χ1) is 11.2. The average Bonchev–Trinajstić information content (AvgIpc) is 2.48. The molecule has 1 aromatic heterocycles. The van der Waals surface area contributed by atoms with Crippen molar-refractivity contribution in [1.82, 2.24) is 4.57 Å². The molecule has 0 aliphatic carbocycles. The number of anilines is 1. The number of amides is 1. The lowest BCUT2D eigenvalue weighted by Crippen LogP contribution is -2.32. The minimum atomic E-state index is -4.81. The van der Waals surface area contributed by atoms with Crippen LogP contribution >= 0.6 is 11.6 Å². The number of carbonyl (C=O) groups excluding carboxylic acids is 1. The Bertz CT molecular complexity index is 885. The topological polar surface area (TPSA) is 74.9 Å². The molecule has 0 fully saturated rings. The lowest BCUT2D eigenvalue weighted by Gasteiger charge is -2.11. The van der Waals surface area contributed by atoms with Crippen LogP contribution in [0.3, 0.4) is 0 Å². The van der Waals surface area contributed by atoms with Gasteiger partial charge in [0.25, 0.3) is 5.56 Å². The van der Waals surface area contributed by atoms with Crippen LogP contribution in [-0.4, -0.2) is 10.5 Å². The number of nitriles is 1. The van der Waals surface area contributed by atoms with Crippen molar-refractivity contribution in [2.45, 2.75) is 12.7 Å². The van der Waals surface area contributed by atoms with Gasteiger partial charge in [-0.15, -0.1) is 0 Å². The summed E-state index contributed by atoms with van der Waals surface area (Å²) in [6, 6.07) is 7.67. The number of halogens is 4. The summed E-state index contributed by atoms with van der Waals surface area (Å²) in [6.07, 6.45) is -3.74. The van der Waals surface area contributed by atoms with Gasteiger partial charge < -0.3 is 9.88 Å². The molecule has 0 radical (unpaired) electrons. The van der Waals surface area contributed by atoms with Crippen LogP contribution < -0.4 is 10.9 Å². The van der Waals surface area contributed by atoms with E-state index < -0.39 is 29.8 Å². The number of carbonyl (C=O) groups is 1. The Hall–Kier alpha value is -2.79. The number of aromatic nitrogens is 1. The van der Waals surface area contributed by atoms with E-state index in [4.69, 9.17) is 16.9 Å². The molecule has 0 bridgehead atoms. The number of rotatable bonds is 3. The summed E-state index contributed by atoms with van der Waals surface area (Å²) < 4.78 is 38.7. The molecule has 0 unspecified atom stereocenters. The Kier molecular flexibility index (Phi) is 4.95. The fourth-order valence-electron chi connectivity index (χ4n) is 1.94. The van der Waals surface area contributed by atoms with Crippen molar-refractivity contribution in [1.29, 1.82) is 5.26 Å². The molecule has 0 aliphatic rings. The van der Waals surface area contributed by atoms with Crippen LogP contribution in [0.25, 0.3) is 0 Å². The van der Waals surface area contributed by atoms with Gasteiger partial charge in [0.15, 0.2) is 0 Å². The number of alkyl halides is 3. The first kappa shape index (κ1) is 17.6. The van der Waals surface area contributed by atoms with Crippen molar-refractivity contribution in [2.24, 2.45) is 0 Å². The van der Waals surface area contributed by atoms with E-state index in [1.807, 2.05) is 6.07 Å². The van der Waals surface area contributed by atoms with E-state index in [1.54, 1.807) is 0 Å². The summed E-state index contributed by atoms with van der Waals surface area (Å²) in [5.74, 6) is -0.768. The van der Waals surface area contributed by atoms with Crippen molar-refractivity contribution in [2.75, 3.05) is 5.32 Å². The fraction of sp³-hybridized carbons (Fsp3) is 0.133. The minimum Gasteiger partial charge on any atom is -0.323 e. The number of hydrogen-bond acceptors (Lipinski definition) is 3. The van der Waals surface area contributed by atoms with Gasteiger partial charge in [-0.2, -0.15) is 18.4 Å². The third-order valence-electron chi connectivity index (χ3n) is 3.02. The number of nitrogens with zero attached hydrogens (tertiary/aromatic N) is 2. The van der Waals surface area contributed by atoms with Crippen molar-refractivity contribution in [3.63, 3.8) is 0 Å². The van der Waals surface area contributed by atoms with Crippen LogP contribution in [-0.2, 0) is 17.5 Å². The highest BCUT2D eigenvalue weighted by Gasteiger charge is 2.34. The van der Waals surface area contributed by atoms with Crippen LogP contribution in [0.1, 0.15) is 11.1 Å². The normalized spacial score (nSPS) is 11.0. The maximum Gasteiger partial charge on any atom is 0.421 e. The quantitative estimate of drug-likeness (QED) is 0.919. The van der Waals surface area contributed by atoms with E-state index in [1.165, 1.54) is 18.2 Å². The number of hydrogen-bond donors (Lipinski definition) is 1. The highest BCUT2D eigenvalue weighted by Crippen LogP contribution is 2.26. The number of pyridine rings is 1. The summed E-state index contributed by atoms with van der Waals surface area (Å²) in [5, 5.41) is 11.6. The molecule has 5 nitrogen and oxygen atoms in total. The zero-order valence-corrected chi connectivity index (χ0v) is 12.6. The number of benzene rings is 1. The molecule has 0 aliphatic heterocycles. The third kappa shape index (κ3) is 3.94. The van der Waals surface area contributed by atoms with E-state index in [-0.39, 0.29) is 16.3 Å². The van der Waals surface area contributed by atoms with Gasteiger partial charge in [0.05, 0.1) is 11.3 Å². The molecule has 0 saturated carbocycles.